The molecule has 0 aromatic heterocycles. The predicted molar refractivity (Wildman–Crippen MR) is 89.0 cm³/mol. The zero-order chi connectivity index (χ0) is 14.9. The first kappa shape index (κ1) is 15.1. The molecule has 0 saturated heterocycles. The van der Waals surface area contributed by atoms with Gasteiger partial charge in [-0.1, -0.05) is 30.3 Å². The molecule has 0 aliphatic carbocycles. The van der Waals surface area contributed by atoms with Gasteiger partial charge in [-0.2, -0.15) is 0 Å². The molecule has 0 bridgehead atoms. The molecule has 0 spiro atoms. The molecule has 1 heterocycles. The van der Waals surface area contributed by atoms with Crippen LogP contribution in [0.4, 0.5) is 0 Å². The number of benzene rings is 2. The molecule has 110 valence electrons. The van der Waals surface area contributed by atoms with Crippen LogP contribution < -0.4 is 4.72 Å². The molecule has 0 saturated carbocycles. The summed E-state index contributed by atoms with van der Waals surface area (Å²) in [6.45, 7) is 0. The maximum atomic E-state index is 12.6. The monoisotopic (exact) mass is 383 g/mol. The summed E-state index contributed by atoms with van der Waals surface area (Å²) in [5, 5.41) is 0. The van der Waals surface area contributed by atoms with Gasteiger partial charge < -0.3 is 0 Å². The van der Waals surface area contributed by atoms with E-state index in [1.807, 2.05) is 24.3 Å². The van der Waals surface area contributed by atoms with Crippen LogP contribution in [0.15, 0.2) is 62.8 Å². The van der Waals surface area contributed by atoms with Gasteiger partial charge in [0.05, 0.1) is 4.90 Å². The van der Waals surface area contributed by atoms with E-state index in [2.05, 4.69) is 20.7 Å². The molecule has 1 aliphatic rings. The van der Waals surface area contributed by atoms with Crippen LogP contribution in [0.1, 0.15) is 18.0 Å². The lowest BCUT2D eigenvalue weighted by atomic mass is 10.1. The van der Waals surface area contributed by atoms with E-state index >= 15 is 0 Å². The van der Waals surface area contributed by atoms with Gasteiger partial charge in [0.1, 0.15) is 0 Å². The van der Waals surface area contributed by atoms with Crippen molar-refractivity contribution < 1.29 is 8.42 Å². The van der Waals surface area contributed by atoms with Gasteiger partial charge in [0.15, 0.2) is 0 Å². The third-order valence-corrected chi connectivity index (χ3v) is 6.99. The van der Waals surface area contributed by atoms with Crippen LogP contribution in [-0.2, 0) is 10.0 Å². The van der Waals surface area contributed by atoms with Gasteiger partial charge in [-0.25, -0.2) is 13.1 Å². The number of rotatable bonds is 3. The van der Waals surface area contributed by atoms with Gasteiger partial charge in [0.2, 0.25) is 10.0 Å². The van der Waals surface area contributed by atoms with E-state index in [4.69, 9.17) is 0 Å². The van der Waals surface area contributed by atoms with Crippen LogP contribution in [0, 0.1) is 0 Å². The largest absolute Gasteiger partial charge is 0.242 e. The van der Waals surface area contributed by atoms with E-state index in [-0.39, 0.29) is 10.9 Å². The first-order valence-electron chi connectivity index (χ1n) is 6.56. The molecule has 0 radical (unpaired) electrons. The fourth-order valence-corrected chi connectivity index (χ4v) is 5.76. The molecule has 1 aliphatic heterocycles. The van der Waals surface area contributed by atoms with E-state index in [9.17, 15) is 8.42 Å². The molecular formula is C15H14BrNO2S2. The number of nitrogens with one attached hydrogen (secondary N) is 1. The quantitative estimate of drug-likeness (QED) is 0.871. The maximum Gasteiger partial charge on any atom is 0.242 e. The molecule has 0 unspecified atom stereocenters. The normalized spacial score (nSPS) is 18.2. The summed E-state index contributed by atoms with van der Waals surface area (Å²) >= 11 is 5.08. The predicted octanol–water partition coefficient (Wildman–Crippen LogP) is 3.96. The SMILES string of the molecule is O=S(=O)(N[C@H]1CCSc2ccccc21)c1ccccc1Br. The van der Waals surface area contributed by atoms with Crippen LogP contribution in [0.25, 0.3) is 0 Å². The van der Waals surface area contributed by atoms with E-state index in [0.717, 1.165) is 22.6 Å². The Balaban J connectivity index is 1.93. The summed E-state index contributed by atoms with van der Waals surface area (Å²) in [6, 6.07) is 14.7. The van der Waals surface area contributed by atoms with Crippen molar-refractivity contribution >= 4 is 37.7 Å². The Bertz CT molecular complexity index is 762. The zero-order valence-electron chi connectivity index (χ0n) is 11.1. The van der Waals surface area contributed by atoms with Crippen LogP contribution in [-0.4, -0.2) is 14.2 Å². The third-order valence-electron chi connectivity index (χ3n) is 3.38. The Morgan fingerprint density at radius 2 is 1.81 bits per heavy atom. The fourth-order valence-electron chi connectivity index (χ4n) is 2.38. The highest BCUT2D eigenvalue weighted by atomic mass is 79.9. The van der Waals surface area contributed by atoms with Gasteiger partial charge >= 0.3 is 0 Å². The van der Waals surface area contributed by atoms with Crippen LogP contribution in [0.2, 0.25) is 0 Å². The van der Waals surface area contributed by atoms with Crippen molar-refractivity contribution in [2.45, 2.75) is 22.3 Å². The van der Waals surface area contributed by atoms with Crippen molar-refractivity contribution in [3.63, 3.8) is 0 Å². The van der Waals surface area contributed by atoms with Gasteiger partial charge in [-0.15, -0.1) is 11.8 Å². The van der Waals surface area contributed by atoms with Crippen molar-refractivity contribution in [2.24, 2.45) is 0 Å². The van der Waals surface area contributed by atoms with E-state index in [0.29, 0.717) is 4.47 Å². The standard InChI is InChI=1S/C15H14BrNO2S2/c16-12-6-2-4-8-15(12)21(18,19)17-13-9-10-20-14-7-3-1-5-11(13)14/h1-8,13,17H,9-10H2/t13-/m0/s1. The van der Waals surface area contributed by atoms with Crippen LogP contribution in [0.3, 0.4) is 0 Å². The molecule has 0 fully saturated rings. The number of halogens is 1. The average molecular weight is 384 g/mol. The second kappa shape index (κ2) is 6.12. The fraction of sp³-hybridized carbons (Fsp3) is 0.200. The minimum Gasteiger partial charge on any atom is -0.207 e. The zero-order valence-corrected chi connectivity index (χ0v) is 14.3. The van der Waals surface area contributed by atoms with E-state index in [1.54, 1.807) is 36.0 Å². The molecule has 2 aromatic carbocycles. The molecule has 1 N–H and O–H groups in total. The minimum absolute atomic E-state index is 0.167. The number of thioether (sulfide) groups is 1. The van der Waals surface area contributed by atoms with Gasteiger partial charge in [0, 0.05) is 15.4 Å². The lowest BCUT2D eigenvalue weighted by molar-refractivity contribution is 0.545. The topological polar surface area (TPSA) is 46.2 Å². The molecule has 21 heavy (non-hydrogen) atoms. The molecule has 2 aromatic rings. The third kappa shape index (κ3) is 3.18. The molecule has 3 nitrogen and oxygen atoms in total. The Hall–Kier alpha value is -0.820. The number of fused-ring (bicyclic) bond motifs is 1. The number of sulfonamides is 1. The van der Waals surface area contributed by atoms with Gasteiger partial charge in [-0.05, 0) is 51.9 Å². The Labute approximate surface area is 137 Å². The van der Waals surface area contributed by atoms with Crippen molar-refractivity contribution in [1.29, 1.82) is 0 Å². The first-order chi connectivity index (χ1) is 10.1. The summed E-state index contributed by atoms with van der Waals surface area (Å²) in [7, 11) is -3.54. The van der Waals surface area contributed by atoms with Crippen LogP contribution in [0.5, 0.6) is 0 Å². The molecule has 6 heteroatoms. The minimum atomic E-state index is -3.54. The smallest absolute Gasteiger partial charge is 0.207 e. The van der Waals surface area contributed by atoms with E-state index in [1.165, 1.54) is 0 Å². The molecule has 0 amide bonds. The summed E-state index contributed by atoms with van der Waals surface area (Å²) in [5.74, 6) is 0.917. The lowest BCUT2D eigenvalue weighted by Gasteiger charge is -2.25. The second-order valence-corrected chi connectivity index (χ2v) is 8.45. The van der Waals surface area contributed by atoms with Crippen LogP contribution >= 0.6 is 27.7 Å². The van der Waals surface area contributed by atoms with Crippen molar-refractivity contribution in [3.8, 4) is 0 Å². The molecule has 1 atom stereocenters. The number of hydrogen-bond acceptors (Lipinski definition) is 3. The summed E-state index contributed by atoms with van der Waals surface area (Å²) in [6.07, 6.45) is 0.797. The van der Waals surface area contributed by atoms with Crippen molar-refractivity contribution in [2.75, 3.05) is 5.75 Å². The maximum absolute atomic E-state index is 12.6. The highest BCUT2D eigenvalue weighted by Crippen LogP contribution is 2.36. The summed E-state index contributed by atoms with van der Waals surface area (Å²) in [4.78, 5) is 1.43. The lowest BCUT2D eigenvalue weighted by Crippen LogP contribution is -2.30. The van der Waals surface area contributed by atoms with Gasteiger partial charge in [0.25, 0.3) is 0 Å². The van der Waals surface area contributed by atoms with E-state index < -0.39 is 10.0 Å². The first-order valence-corrected chi connectivity index (χ1v) is 9.83. The summed E-state index contributed by atoms with van der Waals surface area (Å²) < 4.78 is 28.6. The van der Waals surface area contributed by atoms with Crippen molar-refractivity contribution in [3.05, 3.63) is 58.6 Å². The Morgan fingerprint density at radius 3 is 2.62 bits per heavy atom. The van der Waals surface area contributed by atoms with Crippen molar-refractivity contribution in [1.82, 2.24) is 4.72 Å². The second-order valence-electron chi connectivity index (χ2n) is 4.78. The Morgan fingerprint density at radius 1 is 1.10 bits per heavy atom. The number of hydrogen-bond donors (Lipinski definition) is 1. The Kier molecular flexibility index (Phi) is 4.40. The highest BCUT2D eigenvalue weighted by Gasteiger charge is 2.26. The summed E-state index contributed by atoms with van der Waals surface area (Å²) in [5.41, 5.74) is 1.06. The molecule has 3 rings (SSSR count). The van der Waals surface area contributed by atoms with Gasteiger partial charge in [-0.3, -0.25) is 0 Å². The average Bonchev–Trinajstić information content (AvgIpc) is 2.47. The molecular weight excluding hydrogens is 370 g/mol. The highest BCUT2D eigenvalue weighted by molar-refractivity contribution is 9.10.